The Kier molecular flexibility index (Phi) is 7.57. The molecule has 0 amide bonds. The molecule has 6 heteroatoms. The molecule has 0 radical (unpaired) electrons. The second kappa shape index (κ2) is 9.91. The first-order chi connectivity index (χ1) is 12.2. The fraction of sp³-hybridized carbons (Fsp3) is 0.316. The molecule has 134 valence electrons. The van der Waals surface area contributed by atoms with Crippen molar-refractivity contribution in [1.29, 1.82) is 0 Å². The van der Waals surface area contributed by atoms with E-state index in [1.54, 1.807) is 20.3 Å². The Labute approximate surface area is 152 Å². The minimum Gasteiger partial charge on any atom is -0.497 e. The van der Waals surface area contributed by atoms with Crippen LogP contribution in [0.2, 0.25) is 5.02 Å². The predicted molar refractivity (Wildman–Crippen MR) is 97.3 cm³/mol. The fourth-order valence-electron chi connectivity index (χ4n) is 2.57. The van der Waals surface area contributed by atoms with Gasteiger partial charge in [-0.1, -0.05) is 17.7 Å². The summed E-state index contributed by atoms with van der Waals surface area (Å²) in [6.45, 7) is 2.09. The molecule has 0 heterocycles. The van der Waals surface area contributed by atoms with Crippen molar-refractivity contribution >= 4 is 18.1 Å². The normalized spacial score (nSPS) is 10.4. The van der Waals surface area contributed by atoms with E-state index in [0.29, 0.717) is 18.0 Å². The Morgan fingerprint density at radius 3 is 2.60 bits per heavy atom. The summed E-state index contributed by atoms with van der Waals surface area (Å²) in [7, 11) is 3.31. The SMILES string of the molecule is COc1ccc(OC)c(CCNCc2cc(Cl)cc(COC=O)c2)c1. The summed E-state index contributed by atoms with van der Waals surface area (Å²) in [5.74, 6) is 1.66. The van der Waals surface area contributed by atoms with Gasteiger partial charge in [0.15, 0.2) is 0 Å². The molecular weight excluding hydrogens is 342 g/mol. The Balaban J connectivity index is 1.91. The first-order valence-electron chi connectivity index (χ1n) is 7.91. The van der Waals surface area contributed by atoms with Gasteiger partial charge >= 0.3 is 0 Å². The van der Waals surface area contributed by atoms with Crippen LogP contribution in [0.4, 0.5) is 0 Å². The van der Waals surface area contributed by atoms with Crippen LogP contribution in [0, 0.1) is 0 Å². The quantitative estimate of drug-likeness (QED) is 0.518. The molecule has 2 rings (SSSR count). The number of halogens is 1. The molecule has 0 aliphatic heterocycles. The average Bonchev–Trinajstić information content (AvgIpc) is 2.63. The van der Waals surface area contributed by atoms with E-state index >= 15 is 0 Å². The lowest BCUT2D eigenvalue weighted by atomic mass is 10.1. The summed E-state index contributed by atoms with van der Waals surface area (Å²) in [6, 6.07) is 11.4. The van der Waals surface area contributed by atoms with Gasteiger partial charge in [-0.2, -0.15) is 0 Å². The molecule has 0 unspecified atom stereocenters. The van der Waals surface area contributed by atoms with Crippen molar-refractivity contribution in [1.82, 2.24) is 5.32 Å². The first-order valence-corrected chi connectivity index (χ1v) is 8.29. The second-order valence-corrected chi connectivity index (χ2v) is 5.92. The predicted octanol–water partition coefficient (Wildman–Crippen LogP) is 3.36. The van der Waals surface area contributed by atoms with Crippen molar-refractivity contribution < 1.29 is 19.0 Å². The van der Waals surface area contributed by atoms with Gasteiger partial charge in [0, 0.05) is 11.6 Å². The maximum atomic E-state index is 10.3. The molecule has 0 atom stereocenters. The smallest absolute Gasteiger partial charge is 0.293 e. The van der Waals surface area contributed by atoms with Gasteiger partial charge in [0.05, 0.1) is 14.2 Å². The molecule has 1 N–H and O–H groups in total. The second-order valence-electron chi connectivity index (χ2n) is 5.48. The van der Waals surface area contributed by atoms with Crippen molar-refractivity contribution in [2.75, 3.05) is 20.8 Å². The number of carbonyl (C=O) groups is 1. The summed E-state index contributed by atoms with van der Waals surface area (Å²) in [5, 5.41) is 4.01. The highest BCUT2D eigenvalue weighted by Crippen LogP contribution is 2.24. The monoisotopic (exact) mass is 363 g/mol. The third kappa shape index (κ3) is 5.96. The summed E-state index contributed by atoms with van der Waals surface area (Å²) >= 11 is 6.11. The molecular formula is C19H22ClNO4. The molecule has 0 aliphatic carbocycles. The highest BCUT2D eigenvalue weighted by atomic mass is 35.5. The number of benzene rings is 2. The number of carbonyl (C=O) groups excluding carboxylic acids is 1. The molecule has 0 fully saturated rings. The van der Waals surface area contributed by atoms with E-state index < -0.39 is 0 Å². The maximum absolute atomic E-state index is 10.3. The lowest BCUT2D eigenvalue weighted by molar-refractivity contribution is -0.129. The van der Waals surface area contributed by atoms with Gasteiger partial charge in [0.2, 0.25) is 0 Å². The van der Waals surface area contributed by atoms with Crippen LogP contribution in [0.15, 0.2) is 36.4 Å². The molecule has 0 spiro atoms. The van der Waals surface area contributed by atoms with Gasteiger partial charge in [-0.05, 0) is 60.0 Å². The van der Waals surface area contributed by atoms with E-state index in [1.165, 1.54) is 0 Å². The van der Waals surface area contributed by atoms with E-state index in [0.717, 1.165) is 41.2 Å². The van der Waals surface area contributed by atoms with Crippen LogP contribution < -0.4 is 14.8 Å². The molecule has 2 aromatic carbocycles. The number of rotatable bonds is 10. The number of ether oxygens (including phenoxy) is 3. The molecule has 0 saturated carbocycles. The third-order valence-electron chi connectivity index (χ3n) is 3.72. The van der Waals surface area contributed by atoms with Crippen molar-refractivity contribution in [3.05, 3.63) is 58.1 Å². The zero-order chi connectivity index (χ0) is 18.1. The number of hydrogen-bond donors (Lipinski definition) is 1. The fourth-order valence-corrected chi connectivity index (χ4v) is 2.85. The van der Waals surface area contributed by atoms with Crippen molar-refractivity contribution in [3.8, 4) is 11.5 Å². The van der Waals surface area contributed by atoms with Gasteiger partial charge in [-0.15, -0.1) is 0 Å². The molecule has 2 aromatic rings. The standard InChI is InChI=1S/C19H22ClNO4/c1-23-18-3-4-19(24-2)16(10-18)5-6-21-11-14-7-15(12-25-13-22)9-17(20)8-14/h3-4,7-10,13,21H,5-6,11-12H2,1-2H3. The molecule has 0 bridgehead atoms. The number of methoxy groups -OCH3 is 2. The van der Waals surface area contributed by atoms with Gasteiger partial charge in [-0.25, -0.2) is 0 Å². The van der Waals surface area contributed by atoms with Crippen LogP contribution in [0.25, 0.3) is 0 Å². The van der Waals surface area contributed by atoms with Crippen LogP contribution >= 0.6 is 11.6 Å². The van der Waals surface area contributed by atoms with Crippen LogP contribution in [0.3, 0.4) is 0 Å². The maximum Gasteiger partial charge on any atom is 0.293 e. The number of nitrogens with one attached hydrogen (secondary N) is 1. The largest absolute Gasteiger partial charge is 0.497 e. The molecule has 0 saturated heterocycles. The third-order valence-corrected chi connectivity index (χ3v) is 3.94. The zero-order valence-electron chi connectivity index (χ0n) is 14.4. The summed E-state index contributed by atoms with van der Waals surface area (Å²) in [6.07, 6.45) is 0.808. The minimum atomic E-state index is 0.220. The van der Waals surface area contributed by atoms with Crippen molar-refractivity contribution in [3.63, 3.8) is 0 Å². The highest BCUT2D eigenvalue weighted by molar-refractivity contribution is 6.30. The van der Waals surface area contributed by atoms with Crippen molar-refractivity contribution in [2.45, 2.75) is 19.6 Å². The van der Waals surface area contributed by atoms with Gasteiger partial charge in [0.25, 0.3) is 6.47 Å². The Morgan fingerprint density at radius 2 is 1.88 bits per heavy atom. The lowest BCUT2D eigenvalue weighted by Gasteiger charge is -2.11. The summed E-state index contributed by atoms with van der Waals surface area (Å²) < 4.78 is 15.4. The van der Waals surface area contributed by atoms with Crippen LogP contribution in [-0.4, -0.2) is 27.2 Å². The lowest BCUT2D eigenvalue weighted by Crippen LogP contribution is -2.17. The van der Waals surface area contributed by atoms with Crippen molar-refractivity contribution in [2.24, 2.45) is 0 Å². The van der Waals surface area contributed by atoms with E-state index in [9.17, 15) is 4.79 Å². The van der Waals surface area contributed by atoms with E-state index in [1.807, 2.05) is 30.3 Å². The van der Waals surface area contributed by atoms with E-state index in [4.69, 9.17) is 25.8 Å². The minimum absolute atomic E-state index is 0.220. The van der Waals surface area contributed by atoms with Gasteiger partial charge in [-0.3, -0.25) is 4.79 Å². The topological polar surface area (TPSA) is 56.8 Å². The van der Waals surface area contributed by atoms with Gasteiger partial charge in [0.1, 0.15) is 18.1 Å². The van der Waals surface area contributed by atoms with E-state index in [-0.39, 0.29) is 6.61 Å². The Bertz CT molecular complexity index is 706. The Hall–Kier alpha value is -2.24. The summed E-state index contributed by atoms with van der Waals surface area (Å²) in [4.78, 5) is 10.3. The average molecular weight is 364 g/mol. The zero-order valence-corrected chi connectivity index (χ0v) is 15.1. The van der Waals surface area contributed by atoms with E-state index in [2.05, 4.69) is 5.32 Å². The van der Waals surface area contributed by atoms with Crippen LogP contribution in [-0.2, 0) is 29.1 Å². The molecule has 0 aromatic heterocycles. The van der Waals surface area contributed by atoms with Crippen LogP contribution in [0.1, 0.15) is 16.7 Å². The molecule has 0 aliphatic rings. The molecule has 25 heavy (non-hydrogen) atoms. The van der Waals surface area contributed by atoms with Crippen LogP contribution in [0.5, 0.6) is 11.5 Å². The summed E-state index contributed by atoms with van der Waals surface area (Å²) in [5.41, 5.74) is 2.99. The Morgan fingerprint density at radius 1 is 1.08 bits per heavy atom. The molecule has 5 nitrogen and oxygen atoms in total. The number of hydrogen-bond acceptors (Lipinski definition) is 5. The first kappa shape index (κ1) is 19.1. The van der Waals surface area contributed by atoms with Gasteiger partial charge < -0.3 is 19.5 Å². The highest BCUT2D eigenvalue weighted by Gasteiger charge is 2.05.